The lowest BCUT2D eigenvalue weighted by Gasteiger charge is -2.35. The summed E-state index contributed by atoms with van der Waals surface area (Å²) >= 11 is 0. The number of piperidine rings is 2. The molecule has 2 fully saturated rings. The summed E-state index contributed by atoms with van der Waals surface area (Å²) in [5, 5.41) is 0. The summed E-state index contributed by atoms with van der Waals surface area (Å²) in [5.41, 5.74) is 11.0. The van der Waals surface area contributed by atoms with E-state index in [0.717, 1.165) is 115 Å². The Labute approximate surface area is 184 Å². The molecule has 4 N–H and O–H groups in total. The van der Waals surface area contributed by atoms with E-state index in [1.807, 2.05) is 0 Å². The second-order valence-corrected chi connectivity index (χ2v) is 9.42. The molecule has 0 saturated carbocycles. The van der Waals surface area contributed by atoms with E-state index in [9.17, 15) is 9.59 Å². The van der Waals surface area contributed by atoms with Gasteiger partial charge in [-0.25, -0.2) is 0 Å². The Morgan fingerprint density at radius 1 is 0.600 bits per heavy atom. The second-order valence-electron chi connectivity index (χ2n) is 9.42. The Morgan fingerprint density at radius 2 is 0.967 bits per heavy atom. The Morgan fingerprint density at radius 3 is 1.30 bits per heavy atom. The van der Waals surface area contributed by atoms with E-state index in [1.54, 1.807) is 0 Å². The van der Waals surface area contributed by atoms with Gasteiger partial charge in [-0.3, -0.25) is 9.59 Å². The topological polar surface area (TPSA) is 92.7 Å². The number of amides is 2. The number of carbonyl (C=O) groups is 2. The molecule has 2 amide bonds. The van der Waals surface area contributed by atoms with Crippen molar-refractivity contribution >= 4 is 11.8 Å². The van der Waals surface area contributed by atoms with Gasteiger partial charge in [0.05, 0.1) is 0 Å². The van der Waals surface area contributed by atoms with Gasteiger partial charge in [0.25, 0.3) is 0 Å². The van der Waals surface area contributed by atoms with Gasteiger partial charge in [-0.2, -0.15) is 0 Å². The molecule has 2 aliphatic rings. The van der Waals surface area contributed by atoms with Gasteiger partial charge < -0.3 is 21.3 Å². The highest BCUT2D eigenvalue weighted by Gasteiger charge is 2.25. The number of likely N-dealkylation sites (tertiary alicyclic amines) is 2. The molecule has 0 aromatic carbocycles. The molecular formula is C24H46N4O2. The molecule has 6 nitrogen and oxygen atoms in total. The van der Waals surface area contributed by atoms with Crippen LogP contribution < -0.4 is 11.5 Å². The van der Waals surface area contributed by atoms with Gasteiger partial charge in [0.15, 0.2) is 0 Å². The first-order valence-corrected chi connectivity index (χ1v) is 12.6. The first kappa shape index (κ1) is 25.1. The second kappa shape index (κ2) is 14.8. The Bertz CT molecular complexity index is 440. The molecular weight excluding hydrogens is 376 g/mol. The van der Waals surface area contributed by atoms with E-state index >= 15 is 0 Å². The molecule has 2 rings (SSSR count). The van der Waals surface area contributed by atoms with Gasteiger partial charge in [0.1, 0.15) is 0 Å². The Balaban J connectivity index is 1.53. The third-order valence-electron chi connectivity index (χ3n) is 7.11. The highest BCUT2D eigenvalue weighted by atomic mass is 16.2. The summed E-state index contributed by atoms with van der Waals surface area (Å²) in [4.78, 5) is 28.8. The molecule has 30 heavy (non-hydrogen) atoms. The average Bonchev–Trinajstić information content (AvgIpc) is 2.78. The van der Waals surface area contributed by atoms with Gasteiger partial charge in [-0.15, -0.1) is 0 Å². The molecule has 0 bridgehead atoms. The molecule has 0 atom stereocenters. The minimum Gasteiger partial charge on any atom is -0.343 e. The monoisotopic (exact) mass is 422 g/mol. The smallest absolute Gasteiger partial charge is 0.222 e. The lowest BCUT2D eigenvalue weighted by atomic mass is 9.85. The summed E-state index contributed by atoms with van der Waals surface area (Å²) in [6.45, 7) is 5.22. The van der Waals surface area contributed by atoms with Crippen molar-refractivity contribution in [2.45, 2.75) is 89.9 Å². The SMILES string of the molecule is NCCCCCC(=O)N1CCC(CCC2CCN(C(=O)CCCCCN)CC2)CC1. The largest absolute Gasteiger partial charge is 0.343 e. The van der Waals surface area contributed by atoms with Crippen molar-refractivity contribution in [1.82, 2.24) is 9.80 Å². The van der Waals surface area contributed by atoms with Crippen LogP contribution in [0.5, 0.6) is 0 Å². The predicted molar refractivity (Wildman–Crippen MR) is 123 cm³/mol. The molecule has 0 aromatic heterocycles. The molecule has 2 saturated heterocycles. The van der Waals surface area contributed by atoms with Gasteiger partial charge in [-0.1, -0.05) is 25.7 Å². The van der Waals surface area contributed by atoms with Crippen LogP contribution in [-0.2, 0) is 9.59 Å². The van der Waals surface area contributed by atoms with Crippen LogP contribution in [0.25, 0.3) is 0 Å². The quantitative estimate of drug-likeness (QED) is 0.446. The molecule has 174 valence electrons. The van der Waals surface area contributed by atoms with Crippen LogP contribution in [0.15, 0.2) is 0 Å². The summed E-state index contributed by atoms with van der Waals surface area (Å²) in [6, 6.07) is 0. The summed E-state index contributed by atoms with van der Waals surface area (Å²) in [7, 11) is 0. The van der Waals surface area contributed by atoms with E-state index in [1.165, 1.54) is 12.8 Å². The highest BCUT2D eigenvalue weighted by Crippen LogP contribution is 2.29. The summed E-state index contributed by atoms with van der Waals surface area (Å²) in [5.74, 6) is 2.22. The molecule has 2 aliphatic heterocycles. The fourth-order valence-corrected chi connectivity index (χ4v) is 4.92. The maximum absolute atomic E-state index is 12.3. The molecule has 2 heterocycles. The molecule has 0 radical (unpaired) electrons. The fourth-order valence-electron chi connectivity index (χ4n) is 4.92. The zero-order valence-electron chi connectivity index (χ0n) is 19.2. The first-order valence-electron chi connectivity index (χ1n) is 12.6. The number of rotatable bonds is 13. The van der Waals surface area contributed by atoms with Crippen LogP contribution >= 0.6 is 0 Å². The third-order valence-corrected chi connectivity index (χ3v) is 7.11. The number of nitrogens with zero attached hydrogens (tertiary/aromatic N) is 2. The molecule has 6 heteroatoms. The molecule has 0 aliphatic carbocycles. The van der Waals surface area contributed by atoms with Crippen LogP contribution in [0, 0.1) is 11.8 Å². The van der Waals surface area contributed by atoms with Crippen molar-refractivity contribution in [3.05, 3.63) is 0 Å². The zero-order valence-corrected chi connectivity index (χ0v) is 19.2. The number of unbranched alkanes of at least 4 members (excludes halogenated alkanes) is 4. The minimum absolute atomic E-state index is 0.338. The Hall–Kier alpha value is -1.14. The van der Waals surface area contributed by atoms with Crippen LogP contribution in [0.2, 0.25) is 0 Å². The first-order chi connectivity index (χ1) is 14.6. The van der Waals surface area contributed by atoms with Crippen molar-refractivity contribution in [3.63, 3.8) is 0 Å². The average molecular weight is 423 g/mol. The normalized spacial score (nSPS) is 18.7. The third kappa shape index (κ3) is 9.34. The lowest BCUT2D eigenvalue weighted by Crippen LogP contribution is -2.39. The summed E-state index contributed by atoms with van der Waals surface area (Å²) < 4.78 is 0. The summed E-state index contributed by atoms with van der Waals surface area (Å²) in [6.07, 6.45) is 14.7. The van der Waals surface area contributed by atoms with E-state index in [-0.39, 0.29) is 0 Å². The number of hydrogen-bond donors (Lipinski definition) is 2. The van der Waals surface area contributed by atoms with Crippen molar-refractivity contribution in [2.24, 2.45) is 23.3 Å². The standard InChI is InChI=1S/C24H46N4O2/c25-15-5-1-3-7-23(29)27-17-11-21(12-18-27)9-10-22-13-19-28(20-14-22)24(30)8-4-2-6-16-26/h21-22H,1-20,25-26H2. The van der Waals surface area contributed by atoms with Crippen molar-refractivity contribution in [1.29, 1.82) is 0 Å². The predicted octanol–water partition coefficient (Wildman–Crippen LogP) is 3.28. The van der Waals surface area contributed by atoms with Gasteiger partial charge in [0, 0.05) is 39.0 Å². The van der Waals surface area contributed by atoms with E-state index in [0.29, 0.717) is 24.7 Å². The van der Waals surface area contributed by atoms with Crippen LogP contribution in [0.3, 0.4) is 0 Å². The maximum atomic E-state index is 12.3. The maximum Gasteiger partial charge on any atom is 0.222 e. The molecule has 0 aromatic rings. The minimum atomic E-state index is 0.338. The fraction of sp³-hybridized carbons (Fsp3) is 0.917. The van der Waals surface area contributed by atoms with Crippen molar-refractivity contribution in [3.8, 4) is 0 Å². The highest BCUT2D eigenvalue weighted by molar-refractivity contribution is 5.76. The Kier molecular flexibility index (Phi) is 12.4. The van der Waals surface area contributed by atoms with Gasteiger partial charge in [-0.05, 0) is 76.3 Å². The van der Waals surface area contributed by atoms with Crippen LogP contribution in [-0.4, -0.2) is 60.9 Å². The van der Waals surface area contributed by atoms with E-state index < -0.39 is 0 Å². The van der Waals surface area contributed by atoms with Crippen molar-refractivity contribution < 1.29 is 9.59 Å². The van der Waals surface area contributed by atoms with E-state index in [4.69, 9.17) is 11.5 Å². The molecule has 0 spiro atoms. The van der Waals surface area contributed by atoms with Crippen LogP contribution in [0.4, 0.5) is 0 Å². The number of hydrogen-bond acceptors (Lipinski definition) is 4. The number of nitrogens with two attached hydrogens (primary N) is 2. The molecule has 0 unspecified atom stereocenters. The van der Waals surface area contributed by atoms with Crippen LogP contribution in [0.1, 0.15) is 89.9 Å². The van der Waals surface area contributed by atoms with E-state index in [2.05, 4.69) is 9.80 Å². The zero-order chi connectivity index (χ0) is 21.6. The van der Waals surface area contributed by atoms with Gasteiger partial charge >= 0.3 is 0 Å². The lowest BCUT2D eigenvalue weighted by molar-refractivity contribution is -0.133. The van der Waals surface area contributed by atoms with Crippen molar-refractivity contribution in [2.75, 3.05) is 39.3 Å². The van der Waals surface area contributed by atoms with Gasteiger partial charge in [0.2, 0.25) is 11.8 Å². The number of carbonyl (C=O) groups excluding carboxylic acids is 2.